The van der Waals surface area contributed by atoms with Crippen molar-refractivity contribution >= 4 is 8.85 Å². The first kappa shape index (κ1) is 9.30. The normalized spacial score (nSPS) is 7.20. The molecule has 0 bridgehead atoms. The van der Waals surface area contributed by atoms with E-state index in [0.29, 0.717) is 0 Å². The molecular formula is H3F3IrP. The molecule has 0 aliphatic rings. The van der Waals surface area contributed by atoms with E-state index in [1.807, 2.05) is 0 Å². The van der Waals surface area contributed by atoms with Crippen molar-refractivity contribution in [1.82, 2.24) is 0 Å². The zero-order chi connectivity index (χ0) is 3.58. The van der Waals surface area contributed by atoms with Crippen molar-refractivity contribution in [3.8, 4) is 0 Å². The van der Waals surface area contributed by atoms with Crippen LogP contribution in [0.5, 0.6) is 0 Å². The van der Waals surface area contributed by atoms with E-state index in [1.54, 1.807) is 0 Å². The molecule has 0 heterocycles. The van der Waals surface area contributed by atoms with E-state index in [4.69, 9.17) is 0 Å². The third-order valence-electron chi connectivity index (χ3n) is 0. The van der Waals surface area contributed by atoms with Crippen LogP contribution < -0.4 is 0 Å². The van der Waals surface area contributed by atoms with Crippen LogP contribution in [0.1, 0.15) is 0 Å². The van der Waals surface area contributed by atoms with Gasteiger partial charge in [-0.1, -0.05) is 0 Å². The number of rotatable bonds is 0. The second-order valence-electron chi connectivity index (χ2n) is 0.192. The van der Waals surface area contributed by atoms with Crippen molar-refractivity contribution in [2.75, 3.05) is 0 Å². The van der Waals surface area contributed by atoms with Gasteiger partial charge >= 0.3 is 29.0 Å². The summed E-state index contributed by atoms with van der Waals surface area (Å²) in [5, 5.41) is 0. The molecule has 0 saturated carbocycles. The molecule has 0 atom stereocenters. The van der Waals surface area contributed by atoms with E-state index in [0.717, 1.165) is 0 Å². The molecule has 0 fully saturated rings. The number of hydrogen-bond acceptors (Lipinski definition) is 0. The maximum atomic E-state index is 9.73. The van der Waals surface area contributed by atoms with Crippen LogP contribution in [-0.2, 0) is 20.1 Å². The fourth-order valence-electron chi connectivity index (χ4n) is 0. The molecule has 0 aromatic carbocycles. The Bertz CT molecular complexity index is 11.6. The summed E-state index contributed by atoms with van der Waals surface area (Å²) in [5.74, 6) is 0. The van der Waals surface area contributed by atoms with Crippen molar-refractivity contribution in [3.63, 3.8) is 0 Å². The summed E-state index contributed by atoms with van der Waals surface area (Å²) in [7, 11) is -4.12. The van der Waals surface area contributed by atoms with Crippen LogP contribution in [0.15, 0.2) is 0 Å². The quantitative estimate of drug-likeness (QED) is 0.588. The van der Waals surface area contributed by atoms with Gasteiger partial charge in [0.05, 0.1) is 0 Å². The van der Waals surface area contributed by atoms with Crippen molar-refractivity contribution in [1.29, 1.82) is 0 Å². The fraction of sp³-hybridized carbons (Fsp3) is 0. The minimum absolute atomic E-state index is 0. The summed E-state index contributed by atoms with van der Waals surface area (Å²) < 4.78 is 29.2. The average Bonchev–Trinajstić information content (AvgIpc) is 0.811. The predicted molar refractivity (Wildman–Crippen MR) is 14.4 cm³/mol. The number of halogens is 3. The van der Waals surface area contributed by atoms with Gasteiger partial charge in [0.15, 0.2) is 0 Å². The Hall–Kier alpha value is 0.869. The monoisotopic (exact) mass is 284 g/mol. The molecular weight excluding hydrogens is 280 g/mol. The Morgan fingerprint density at radius 2 is 1.00 bits per heavy atom. The van der Waals surface area contributed by atoms with Gasteiger partial charge in [0.25, 0.3) is 0 Å². The van der Waals surface area contributed by atoms with Gasteiger partial charge in [-0.3, -0.25) is 0 Å². The van der Waals surface area contributed by atoms with Gasteiger partial charge in [-0.25, -0.2) is 0 Å². The molecule has 0 nitrogen and oxygen atoms in total. The zero-order valence-corrected chi connectivity index (χ0v) is 5.82. The molecule has 0 N–H and O–H groups in total. The Kier molecular flexibility index (Phi) is 9.05. The first-order chi connectivity index (χ1) is 1.73. The average molecular weight is 283 g/mol. The summed E-state index contributed by atoms with van der Waals surface area (Å²) in [6.45, 7) is 0. The van der Waals surface area contributed by atoms with E-state index in [1.165, 1.54) is 0 Å². The van der Waals surface area contributed by atoms with Crippen LogP contribution in [0.3, 0.4) is 0 Å². The minimum atomic E-state index is -4.12. The van der Waals surface area contributed by atoms with Crippen LogP contribution in [0.25, 0.3) is 0 Å². The Balaban J connectivity index is 0. The van der Waals surface area contributed by atoms with Gasteiger partial charge in [-0.2, -0.15) is 12.6 Å². The van der Waals surface area contributed by atoms with E-state index in [9.17, 15) is 12.6 Å². The fourth-order valence-corrected chi connectivity index (χ4v) is 0. The second-order valence-corrected chi connectivity index (χ2v) is 0.575. The first-order valence-electron chi connectivity index (χ1n) is 0.507. The Morgan fingerprint density at radius 3 is 1.00 bits per heavy atom. The third kappa shape index (κ3) is 53.0. The van der Waals surface area contributed by atoms with Gasteiger partial charge in [-0.15, -0.1) is 0 Å². The van der Waals surface area contributed by atoms with Gasteiger partial charge in [0, 0.05) is 0 Å². The Labute approximate surface area is 42.2 Å². The van der Waals surface area contributed by atoms with E-state index in [-0.39, 0.29) is 20.1 Å². The zero-order valence-electron chi connectivity index (χ0n) is 1.99. The standard InChI is InChI=1S/F3P.Ir.3H/c1-4(2)3;;;;. The topological polar surface area (TPSA) is 0 Å². The van der Waals surface area contributed by atoms with Gasteiger partial charge < -0.3 is 0 Å². The predicted octanol–water partition coefficient (Wildman–Crippen LogP) is 1.32. The molecule has 0 saturated heterocycles. The van der Waals surface area contributed by atoms with Crippen molar-refractivity contribution in [3.05, 3.63) is 0 Å². The molecule has 1 radical (unpaired) electrons. The van der Waals surface area contributed by atoms with Gasteiger partial charge in [0.2, 0.25) is 0 Å². The molecule has 5 heavy (non-hydrogen) atoms. The molecule has 0 unspecified atom stereocenters. The summed E-state index contributed by atoms with van der Waals surface area (Å²) in [5.41, 5.74) is 0. The number of hydrogen-bond donors (Lipinski definition) is 0. The molecule has 0 aliphatic carbocycles. The van der Waals surface area contributed by atoms with E-state index >= 15 is 0 Å². The second kappa shape index (κ2) is 4.87. The summed E-state index contributed by atoms with van der Waals surface area (Å²) in [6, 6.07) is 0. The van der Waals surface area contributed by atoms with Crippen LogP contribution in [0.2, 0.25) is 0 Å². The molecule has 0 aromatic heterocycles. The van der Waals surface area contributed by atoms with Gasteiger partial charge in [-0.05, 0) is 0 Å². The molecule has 0 rings (SSSR count). The van der Waals surface area contributed by atoms with Crippen LogP contribution in [0, 0.1) is 0 Å². The SMILES string of the molecule is FP(F)F.[IrH3]. The summed E-state index contributed by atoms with van der Waals surface area (Å²) in [4.78, 5) is 0. The van der Waals surface area contributed by atoms with E-state index in [2.05, 4.69) is 0 Å². The van der Waals surface area contributed by atoms with E-state index < -0.39 is 8.85 Å². The molecule has 0 amide bonds. The molecule has 0 aliphatic heterocycles. The van der Waals surface area contributed by atoms with Crippen LogP contribution in [0.4, 0.5) is 12.6 Å². The molecule has 0 spiro atoms. The summed E-state index contributed by atoms with van der Waals surface area (Å²) in [6.07, 6.45) is 0. The Morgan fingerprint density at radius 1 is 1.00 bits per heavy atom. The van der Waals surface area contributed by atoms with Crippen molar-refractivity contribution in [2.24, 2.45) is 0 Å². The van der Waals surface area contributed by atoms with Gasteiger partial charge in [0.1, 0.15) is 0 Å². The third-order valence-corrected chi connectivity index (χ3v) is 0. The first-order valence-corrected chi connectivity index (χ1v) is 1.52. The van der Waals surface area contributed by atoms with Crippen molar-refractivity contribution < 1.29 is 32.7 Å². The molecule has 38 valence electrons. The van der Waals surface area contributed by atoms with Crippen molar-refractivity contribution in [2.45, 2.75) is 0 Å². The molecule has 5 heteroatoms. The van der Waals surface area contributed by atoms with Crippen LogP contribution >= 0.6 is 8.85 Å². The van der Waals surface area contributed by atoms with Crippen LogP contribution in [-0.4, -0.2) is 0 Å². The summed E-state index contributed by atoms with van der Waals surface area (Å²) >= 11 is 0. The molecule has 0 aromatic rings. The maximum absolute atomic E-state index is 9.73.